The third-order valence-corrected chi connectivity index (χ3v) is 5.46. The van der Waals surface area contributed by atoms with Gasteiger partial charge in [-0.25, -0.2) is 12.7 Å². The van der Waals surface area contributed by atoms with Gasteiger partial charge >= 0.3 is 0 Å². The largest absolute Gasteiger partial charge is 0.329 e. The number of sulfonamides is 1. The minimum Gasteiger partial charge on any atom is -0.329 e. The van der Waals surface area contributed by atoms with Crippen LogP contribution in [0, 0.1) is 19.8 Å². The topological polar surface area (TPSA) is 81.2 Å². The predicted molar refractivity (Wildman–Crippen MR) is 80.0 cm³/mol. The molecule has 0 aromatic carbocycles. The quantitative estimate of drug-likeness (QED) is 0.818. The number of aryl methyl sites for hydroxylation is 1. The van der Waals surface area contributed by atoms with Crippen LogP contribution >= 0.6 is 0 Å². The second kappa shape index (κ2) is 6.69. The standard InChI is InChI=1S/C13H26N4O2S/c1-10(2)6-8-16(5)20(18,19)13-11(3)15-17(9-7-14)12(13)4/h10H,6-9,14H2,1-5H3. The highest BCUT2D eigenvalue weighted by Crippen LogP contribution is 2.23. The SMILES string of the molecule is Cc1nn(CCN)c(C)c1S(=O)(=O)N(C)CCC(C)C. The van der Waals surface area contributed by atoms with Crippen LogP contribution in [-0.2, 0) is 16.6 Å². The molecule has 1 rings (SSSR count). The average Bonchev–Trinajstić information content (AvgIpc) is 2.62. The highest BCUT2D eigenvalue weighted by molar-refractivity contribution is 7.89. The summed E-state index contributed by atoms with van der Waals surface area (Å²) in [5.74, 6) is 0.467. The second-order valence-electron chi connectivity index (χ2n) is 5.52. The zero-order valence-corrected chi connectivity index (χ0v) is 13.9. The van der Waals surface area contributed by atoms with Crippen molar-refractivity contribution in [3.05, 3.63) is 11.4 Å². The summed E-state index contributed by atoms with van der Waals surface area (Å²) in [6, 6.07) is 0. The Labute approximate surface area is 122 Å². The Bertz CT molecular complexity index is 549. The van der Waals surface area contributed by atoms with Crippen molar-refractivity contribution in [2.75, 3.05) is 20.1 Å². The summed E-state index contributed by atoms with van der Waals surface area (Å²) >= 11 is 0. The van der Waals surface area contributed by atoms with E-state index in [1.807, 2.05) is 0 Å². The van der Waals surface area contributed by atoms with Gasteiger partial charge in [0.2, 0.25) is 10.0 Å². The molecule has 1 aromatic heterocycles. The highest BCUT2D eigenvalue weighted by atomic mass is 32.2. The molecule has 0 radical (unpaired) electrons. The molecule has 0 saturated carbocycles. The minimum absolute atomic E-state index is 0.317. The van der Waals surface area contributed by atoms with Gasteiger partial charge in [0, 0.05) is 20.1 Å². The normalized spacial score (nSPS) is 12.6. The Balaban J connectivity index is 3.09. The average molecular weight is 302 g/mol. The van der Waals surface area contributed by atoms with Gasteiger partial charge in [0.05, 0.1) is 17.9 Å². The number of rotatable bonds is 7. The van der Waals surface area contributed by atoms with E-state index in [0.29, 0.717) is 41.8 Å². The molecule has 1 aromatic rings. The molecule has 0 aliphatic heterocycles. The maximum Gasteiger partial charge on any atom is 0.246 e. The molecule has 6 nitrogen and oxygen atoms in total. The maximum atomic E-state index is 12.6. The molecule has 2 N–H and O–H groups in total. The van der Waals surface area contributed by atoms with Gasteiger partial charge < -0.3 is 5.73 Å². The number of hydrogen-bond donors (Lipinski definition) is 1. The van der Waals surface area contributed by atoms with E-state index < -0.39 is 10.0 Å². The Morgan fingerprint density at radius 3 is 2.45 bits per heavy atom. The van der Waals surface area contributed by atoms with Crippen molar-refractivity contribution in [3.8, 4) is 0 Å². The lowest BCUT2D eigenvalue weighted by atomic mass is 10.1. The Hall–Kier alpha value is -0.920. The van der Waals surface area contributed by atoms with Crippen molar-refractivity contribution in [2.24, 2.45) is 11.7 Å². The van der Waals surface area contributed by atoms with E-state index in [0.717, 1.165) is 6.42 Å². The lowest BCUT2D eigenvalue weighted by Crippen LogP contribution is -2.29. The van der Waals surface area contributed by atoms with Gasteiger partial charge in [0.15, 0.2) is 0 Å². The molecular formula is C13H26N4O2S. The monoisotopic (exact) mass is 302 g/mol. The van der Waals surface area contributed by atoms with Crippen LogP contribution in [0.25, 0.3) is 0 Å². The maximum absolute atomic E-state index is 12.6. The van der Waals surface area contributed by atoms with Crippen LogP contribution in [0.4, 0.5) is 0 Å². The number of nitrogens with zero attached hydrogens (tertiary/aromatic N) is 3. The van der Waals surface area contributed by atoms with E-state index in [9.17, 15) is 8.42 Å². The van der Waals surface area contributed by atoms with Crippen molar-refractivity contribution in [2.45, 2.75) is 45.6 Å². The molecule has 0 spiro atoms. The van der Waals surface area contributed by atoms with Gasteiger partial charge in [-0.15, -0.1) is 0 Å². The van der Waals surface area contributed by atoms with E-state index in [-0.39, 0.29) is 0 Å². The van der Waals surface area contributed by atoms with E-state index in [1.54, 1.807) is 25.6 Å². The number of aromatic nitrogens is 2. The minimum atomic E-state index is -3.48. The molecule has 0 aliphatic rings. The summed E-state index contributed by atoms with van der Waals surface area (Å²) in [6.07, 6.45) is 0.838. The van der Waals surface area contributed by atoms with Crippen molar-refractivity contribution < 1.29 is 8.42 Å². The lowest BCUT2D eigenvalue weighted by Gasteiger charge is -2.18. The summed E-state index contributed by atoms with van der Waals surface area (Å²) in [5, 5.41) is 4.27. The summed E-state index contributed by atoms with van der Waals surface area (Å²) in [7, 11) is -1.86. The predicted octanol–water partition coefficient (Wildman–Crippen LogP) is 1.13. The lowest BCUT2D eigenvalue weighted by molar-refractivity contribution is 0.427. The summed E-state index contributed by atoms with van der Waals surface area (Å²) in [4.78, 5) is 0.317. The smallest absolute Gasteiger partial charge is 0.246 e. The van der Waals surface area contributed by atoms with Gasteiger partial charge in [-0.3, -0.25) is 4.68 Å². The van der Waals surface area contributed by atoms with Crippen LogP contribution in [0.15, 0.2) is 4.90 Å². The first kappa shape index (κ1) is 17.1. The van der Waals surface area contributed by atoms with Crippen LogP contribution in [0.3, 0.4) is 0 Å². The van der Waals surface area contributed by atoms with Crippen LogP contribution in [-0.4, -0.2) is 42.6 Å². The van der Waals surface area contributed by atoms with Gasteiger partial charge in [0.25, 0.3) is 0 Å². The van der Waals surface area contributed by atoms with Crippen LogP contribution < -0.4 is 5.73 Å². The first-order chi connectivity index (χ1) is 9.21. The molecule has 0 fully saturated rings. The van der Waals surface area contributed by atoms with Crippen molar-refractivity contribution in [1.82, 2.24) is 14.1 Å². The van der Waals surface area contributed by atoms with Crippen molar-refractivity contribution in [1.29, 1.82) is 0 Å². The summed E-state index contributed by atoms with van der Waals surface area (Å²) < 4.78 is 28.4. The summed E-state index contributed by atoms with van der Waals surface area (Å²) in [6.45, 7) is 9.14. The van der Waals surface area contributed by atoms with E-state index >= 15 is 0 Å². The van der Waals surface area contributed by atoms with E-state index in [2.05, 4.69) is 18.9 Å². The Morgan fingerprint density at radius 1 is 1.35 bits per heavy atom. The van der Waals surface area contributed by atoms with Gasteiger partial charge in [-0.1, -0.05) is 13.8 Å². The zero-order valence-electron chi connectivity index (χ0n) is 13.0. The van der Waals surface area contributed by atoms with Crippen LogP contribution in [0.1, 0.15) is 31.7 Å². The van der Waals surface area contributed by atoms with Gasteiger partial charge in [-0.2, -0.15) is 5.10 Å². The first-order valence-corrected chi connectivity index (χ1v) is 8.36. The first-order valence-electron chi connectivity index (χ1n) is 6.92. The molecule has 0 amide bonds. The number of nitrogens with two attached hydrogens (primary N) is 1. The summed E-state index contributed by atoms with van der Waals surface area (Å²) in [5.41, 5.74) is 6.71. The molecule has 1 heterocycles. The molecule has 0 aliphatic carbocycles. The number of hydrogen-bond acceptors (Lipinski definition) is 4. The third kappa shape index (κ3) is 3.59. The van der Waals surface area contributed by atoms with Crippen LogP contribution in [0.2, 0.25) is 0 Å². The second-order valence-corrected chi connectivity index (χ2v) is 7.50. The fraction of sp³-hybridized carbons (Fsp3) is 0.769. The molecule has 7 heteroatoms. The third-order valence-electron chi connectivity index (χ3n) is 3.35. The van der Waals surface area contributed by atoms with Gasteiger partial charge in [-0.05, 0) is 26.2 Å². The van der Waals surface area contributed by atoms with Gasteiger partial charge in [0.1, 0.15) is 4.90 Å². The molecule has 0 unspecified atom stereocenters. The molecule has 0 bridgehead atoms. The zero-order chi connectivity index (χ0) is 15.5. The molecule has 116 valence electrons. The Kier molecular flexibility index (Phi) is 5.73. The van der Waals surface area contributed by atoms with Crippen molar-refractivity contribution >= 4 is 10.0 Å². The highest BCUT2D eigenvalue weighted by Gasteiger charge is 2.28. The van der Waals surface area contributed by atoms with Crippen LogP contribution in [0.5, 0.6) is 0 Å². The van der Waals surface area contributed by atoms with E-state index in [4.69, 9.17) is 5.73 Å². The van der Waals surface area contributed by atoms with E-state index in [1.165, 1.54) is 4.31 Å². The molecular weight excluding hydrogens is 276 g/mol. The molecule has 0 saturated heterocycles. The Morgan fingerprint density at radius 2 is 1.95 bits per heavy atom. The molecule has 0 atom stereocenters. The molecule has 20 heavy (non-hydrogen) atoms. The fourth-order valence-corrected chi connectivity index (χ4v) is 3.66. The fourth-order valence-electron chi connectivity index (χ4n) is 2.11. The van der Waals surface area contributed by atoms with Crippen molar-refractivity contribution in [3.63, 3.8) is 0 Å².